The number of aliphatic hydroxyl groups excluding tert-OH is 1. The number of thiol groups is 1. The van der Waals surface area contributed by atoms with Gasteiger partial charge in [0.05, 0.1) is 0 Å². The molecule has 1 saturated heterocycles. The predicted octanol–water partition coefficient (Wildman–Crippen LogP) is 2.43. The Hall–Kier alpha value is 0.270. The molecule has 1 heterocycles. The van der Waals surface area contributed by atoms with Crippen LogP contribution in [0.2, 0.25) is 0 Å². The summed E-state index contributed by atoms with van der Waals surface area (Å²) < 4.78 is 0. The van der Waals surface area contributed by atoms with Crippen molar-refractivity contribution in [3.63, 3.8) is 0 Å². The zero-order valence-corrected chi connectivity index (χ0v) is 11.6. The molecule has 0 bridgehead atoms. The van der Waals surface area contributed by atoms with E-state index in [9.17, 15) is 0 Å². The average Bonchev–Trinajstić information content (AvgIpc) is 2.27. The van der Waals surface area contributed by atoms with Crippen molar-refractivity contribution in [2.45, 2.75) is 45.6 Å². The predicted molar refractivity (Wildman–Crippen MR) is 73.1 cm³/mol. The van der Waals surface area contributed by atoms with E-state index >= 15 is 0 Å². The molecule has 0 amide bonds. The van der Waals surface area contributed by atoms with Gasteiger partial charge in [0, 0.05) is 19.2 Å². The maximum absolute atomic E-state index is 9.10. The summed E-state index contributed by atoms with van der Waals surface area (Å²) in [5.74, 6) is 2.36. The second-order valence-electron chi connectivity index (χ2n) is 5.34. The van der Waals surface area contributed by atoms with Crippen LogP contribution in [0.4, 0.5) is 0 Å². The number of hydrogen-bond acceptors (Lipinski definition) is 3. The van der Waals surface area contributed by atoms with Crippen molar-refractivity contribution in [1.82, 2.24) is 4.90 Å². The maximum Gasteiger partial charge on any atom is 0.0445 e. The van der Waals surface area contributed by atoms with Crippen LogP contribution >= 0.6 is 12.6 Å². The van der Waals surface area contributed by atoms with Gasteiger partial charge in [0.2, 0.25) is 0 Å². The molecule has 0 aliphatic carbocycles. The van der Waals surface area contributed by atoms with Crippen LogP contribution in [-0.2, 0) is 0 Å². The van der Waals surface area contributed by atoms with Gasteiger partial charge in [-0.05, 0) is 43.4 Å². The van der Waals surface area contributed by atoms with E-state index in [1.54, 1.807) is 0 Å². The third-order valence-electron chi connectivity index (χ3n) is 3.86. The molecule has 1 fully saturated rings. The van der Waals surface area contributed by atoms with E-state index in [0.29, 0.717) is 24.5 Å². The highest BCUT2D eigenvalue weighted by Crippen LogP contribution is 2.23. The molecule has 96 valence electrons. The minimum absolute atomic E-state index is 0.328. The van der Waals surface area contributed by atoms with Gasteiger partial charge >= 0.3 is 0 Å². The van der Waals surface area contributed by atoms with Gasteiger partial charge in [0.15, 0.2) is 0 Å². The fourth-order valence-electron chi connectivity index (χ4n) is 2.56. The second kappa shape index (κ2) is 7.57. The molecule has 1 N–H and O–H groups in total. The van der Waals surface area contributed by atoms with Crippen molar-refractivity contribution in [1.29, 1.82) is 0 Å². The lowest BCUT2D eigenvalue weighted by molar-refractivity contribution is 0.0968. The molecule has 0 spiro atoms. The zero-order valence-electron chi connectivity index (χ0n) is 10.7. The Morgan fingerprint density at radius 2 is 2.12 bits per heavy atom. The first-order chi connectivity index (χ1) is 7.69. The highest BCUT2D eigenvalue weighted by Gasteiger charge is 2.25. The summed E-state index contributed by atoms with van der Waals surface area (Å²) in [7, 11) is 0. The highest BCUT2D eigenvalue weighted by molar-refractivity contribution is 7.80. The number of rotatable bonds is 6. The van der Waals surface area contributed by atoms with Gasteiger partial charge in [-0.3, -0.25) is 4.90 Å². The highest BCUT2D eigenvalue weighted by atomic mass is 32.1. The molecule has 1 rings (SSSR count). The van der Waals surface area contributed by atoms with Crippen LogP contribution in [0.25, 0.3) is 0 Å². The minimum Gasteiger partial charge on any atom is -0.396 e. The van der Waals surface area contributed by atoms with Gasteiger partial charge in [0.25, 0.3) is 0 Å². The molecule has 1 aliphatic heterocycles. The van der Waals surface area contributed by atoms with E-state index in [1.165, 1.54) is 25.8 Å². The maximum atomic E-state index is 9.10. The van der Waals surface area contributed by atoms with E-state index in [0.717, 1.165) is 18.7 Å². The van der Waals surface area contributed by atoms with E-state index in [4.69, 9.17) is 5.11 Å². The average molecular weight is 245 g/mol. The number of likely N-dealkylation sites (tertiary alicyclic amines) is 1. The molecule has 2 atom stereocenters. The molecule has 1 aliphatic rings. The summed E-state index contributed by atoms with van der Waals surface area (Å²) in [6.45, 7) is 7.26. The van der Waals surface area contributed by atoms with E-state index in [1.807, 2.05) is 0 Å². The van der Waals surface area contributed by atoms with Crippen molar-refractivity contribution in [2.75, 3.05) is 25.4 Å². The lowest BCUT2D eigenvalue weighted by atomic mass is 9.93. The first kappa shape index (κ1) is 14.3. The number of nitrogens with zero attached hydrogens (tertiary/aromatic N) is 1. The summed E-state index contributed by atoms with van der Waals surface area (Å²) in [4.78, 5) is 2.58. The van der Waals surface area contributed by atoms with Crippen LogP contribution in [0.3, 0.4) is 0 Å². The summed E-state index contributed by atoms with van der Waals surface area (Å²) in [5, 5.41) is 9.10. The Kier molecular flexibility index (Phi) is 6.78. The van der Waals surface area contributed by atoms with Gasteiger partial charge in [-0.15, -0.1) is 0 Å². The molecular weight excluding hydrogens is 218 g/mol. The molecular formula is C13H27NOS. The first-order valence-electron chi connectivity index (χ1n) is 6.64. The molecule has 16 heavy (non-hydrogen) atoms. The zero-order chi connectivity index (χ0) is 12.0. The van der Waals surface area contributed by atoms with Crippen LogP contribution in [0, 0.1) is 11.8 Å². The summed E-state index contributed by atoms with van der Waals surface area (Å²) in [5.41, 5.74) is 0. The van der Waals surface area contributed by atoms with Gasteiger partial charge in [-0.1, -0.05) is 20.3 Å². The Labute approximate surface area is 106 Å². The Bertz CT molecular complexity index is 185. The standard InChI is InChI=1S/C13H27NOS/c1-11(2)12(10-16)9-14-7-4-3-5-13(14)6-8-15/h11-13,15-16H,3-10H2,1-2H3. The molecule has 2 nitrogen and oxygen atoms in total. The normalized spacial score (nSPS) is 24.9. The first-order valence-corrected chi connectivity index (χ1v) is 7.28. The summed E-state index contributed by atoms with van der Waals surface area (Å²) >= 11 is 4.46. The SMILES string of the molecule is CC(C)C(CS)CN1CCCCC1CCO. The fourth-order valence-corrected chi connectivity index (χ4v) is 3.09. The Morgan fingerprint density at radius 3 is 2.69 bits per heavy atom. The quantitative estimate of drug-likeness (QED) is 0.702. The third-order valence-corrected chi connectivity index (χ3v) is 4.33. The number of aliphatic hydroxyl groups is 1. The van der Waals surface area contributed by atoms with Crippen LogP contribution in [-0.4, -0.2) is 41.5 Å². The van der Waals surface area contributed by atoms with Crippen LogP contribution in [0.5, 0.6) is 0 Å². The van der Waals surface area contributed by atoms with Gasteiger partial charge in [-0.2, -0.15) is 12.6 Å². The van der Waals surface area contributed by atoms with Crippen molar-refractivity contribution in [3.8, 4) is 0 Å². The van der Waals surface area contributed by atoms with Crippen molar-refractivity contribution in [3.05, 3.63) is 0 Å². The molecule has 2 unspecified atom stereocenters. The smallest absolute Gasteiger partial charge is 0.0445 e. The lowest BCUT2D eigenvalue weighted by Crippen LogP contribution is -2.44. The topological polar surface area (TPSA) is 23.5 Å². The number of piperidine rings is 1. The molecule has 0 aromatic rings. The lowest BCUT2D eigenvalue weighted by Gasteiger charge is -2.38. The summed E-state index contributed by atoms with van der Waals surface area (Å²) in [6.07, 6.45) is 4.85. The molecule has 0 aromatic heterocycles. The minimum atomic E-state index is 0.328. The van der Waals surface area contributed by atoms with Crippen molar-refractivity contribution >= 4 is 12.6 Å². The Morgan fingerprint density at radius 1 is 1.38 bits per heavy atom. The monoisotopic (exact) mass is 245 g/mol. The summed E-state index contributed by atoms with van der Waals surface area (Å²) in [6, 6.07) is 0.611. The third kappa shape index (κ3) is 4.27. The number of hydrogen-bond donors (Lipinski definition) is 2. The molecule has 3 heteroatoms. The molecule has 0 saturated carbocycles. The molecule has 0 aromatic carbocycles. The van der Waals surface area contributed by atoms with E-state index in [-0.39, 0.29) is 0 Å². The van der Waals surface area contributed by atoms with E-state index in [2.05, 4.69) is 31.4 Å². The fraction of sp³-hybridized carbons (Fsp3) is 1.00. The van der Waals surface area contributed by atoms with Crippen LogP contribution in [0.15, 0.2) is 0 Å². The van der Waals surface area contributed by atoms with Gasteiger partial charge in [-0.25, -0.2) is 0 Å². The second-order valence-corrected chi connectivity index (χ2v) is 5.71. The van der Waals surface area contributed by atoms with Crippen LogP contribution in [0.1, 0.15) is 39.5 Å². The Balaban J connectivity index is 2.47. The van der Waals surface area contributed by atoms with Gasteiger partial charge in [0.1, 0.15) is 0 Å². The van der Waals surface area contributed by atoms with Crippen molar-refractivity contribution < 1.29 is 5.11 Å². The largest absolute Gasteiger partial charge is 0.396 e. The van der Waals surface area contributed by atoms with Gasteiger partial charge < -0.3 is 5.11 Å². The molecule has 0 radical (unpaired) electrons. The van der Waals surface area contributed by atoms with Crippen molar-refractivity contribution in [2.24, 2.45) is 11.8 Å². The van der Waals surface area contributed by atoms with Crippen LogP contribution < -0.4 is 0 Å². The van der Waals surface area contributed by atoms with E-state index < -0.39 is 0 Å².